The lowest BCUT2D eigenvalue weighted by atomic mass is 10.2. The number of hydrogen-bond donors (Lipinski definition) is 1. The fraction of sp³-hybridized carbons (Fsp3) is 0.316. The molecule has 5 nitrogen and oxygen atoms in total. The van der Waals surface area contributed by atoms with E-state index in [1.54, 1.807) is 24.3 Å². The number of carbonyl (C=O) groups is 1. The lowest BCUT2D eigenvalue weighted by molar-refractivity contribution is -0.139. The lowest BCUT2D eigenvalue weighted by Crippen LogP contribution is -2.11. The van der Waals surface area contributed by atoms with E-state index in [0.29, 0.717) is 35.3 Å². The summed E-state index contributed by atoms with van der Waals surface area (Å²) in [6.07, 6.45) is 8.09. The van der Waals surface area contributed by atoms with E-state index in [4.69, 9.17) is 30.9 Å². The molecule has 0 bridgehead atoms. The topological polar surface area (TPSA) is 65.0 Å². The highest BCUT2D eigenvalue weighted by atomic mass is 35.5. The number of carboxylic acids is 1. The summed E-state index contributed by atoms with van der Waals surface area (Å²) in [5, 5.41) is 9.11. The molecule has 0 saturated heterocycles. The summed E-state index contributed by atoms with van der Waals surface area (Å²) in [6.45, 7) is 6.27. The van der Waals surface area contributed by atoms with Crippen LogP contribution in [0.4, 0.5) is 0 Å². The Bertz CT molecular complexity index is 622. The second-order valence-corrected chi connectivity index (χ2v) is 5.37. The molecular weight excluding hydrogens is 344 g/mol. The van der Waals surface area contributed by atoms with Crippen LogP contribution in [0.1, 0.15) is 18.9 Å². The highest BCUT2D eigenvalue weighted by Gasteiger charge is 2.11. The minimum absolute atomic E-state index is 0.193. The van der Waals surface area contributed by atoms with Crippen molar-refractivity contribution in [3.05, 3.63) is 65.4 Å². The number of hydrogen-bond acceptors (Lipinski definition) is 4. The van der Waals surface area contributed by atoms with Crippen molar-refractivity contribution in [2.45, 2.75) is 20.0 Å². The first-order chi connectivity index (χ1) is 12.1. The molecule has 0 amide bonds. The average Bonchev–Trinajstić information content (AvgIpc) is 2.58. The molecule has 0 aromatic heterocycles. The van der Waals surface area contributed by atoms with Gasteiger partial charge in [-0.1, -0.05) is 35.9 Å². The molecule has 0 aliphatic heterocycles. The van der Waals surface area contributed by atoms with Gasteiger partial charge in [-0.2, -0.15) is 0 Å². The van der Waals surface area contributed by atoms with Crippen molar-refractivity contribution in [3.8, 4) is 5.75 Å². The van der Waals surface area contributed by atoms with Crippen molar-refractivity contribution >= 4 is 17.6 Å². The van der Waals surface area contributed by atoms with Crippen molar-refractivity contribution in [2.24, 2.45) is 0 Å². The van der Waals surface area contributed by atoms with E-state index in [2.05, 4.69) is 6.58 Å². The van der Waals surface area contributed by atoms with Gasteiger partial charge in [-0.3, -0.25) is 0 Å². The smallest absolute Gasteiger partial charge is 0.341 e. The summed E-state index contributed by atoms with van der Waals surface area (Å²) in [6, 6.07) is 5.17. The number of halogens is 1. The molecular formula is C19H23ClO5. The molecule has 1 aromatic rings. The maximum absolute atomic E-state index is 10.7. The first kappa shape index (κ1) is 20.8. The Labute approximate surface area is 153 Å². The summed E-state index contributed by atoms with van der Waals surface area (Å²) in [7, 11) is 0. The fourth-order valence-corrected chi connectivity index (χ4v) is 2.10. The highest BCUT2D eigenvalue weighted by molar-refractivity contribution is 6.32. The molecule has 0 aliphatic rings. The quantitative estimate of drug-likeness (QED) is 0.257. The minimum Gasteiger partial charge on any atom is -0.489 e. The molecule has 25 heavy (non-hydrogen) atoms. The number of ether oxygens (including phenoxy) is 3. The number of carboxylic acid groups (broad SMARTS) is 1. The number of benzene rings is 1. The molecule has 0 saturated carbocycles. The van der Waals surface area contributed by atoms with Crippen molar-refractivity contribution in [3.63, 3.8) is 0 Å². The Hall–Kier alpha value is -2.24. The SMILES string of the molecule is C=CCCOC/C=C(\C=C/C)OCc1cccc(Cl)c1OCC(=O)O. The molecule has 6 heteroatoms. The van der Waals surface area contributed by atoms with Crippen LogP contribution in [0.15, 0.2) is 54.8 Å². The summed E-state index contributed by atoms with van der Waals surface area (Å²) in [4.78, 5) is 10.7. The van der Waals surface area contributed by atoms with E-state index in [1.807, 2.05) is 25.2 Å². The second kappa shape index (κ2) is 12.2. The molecule has 1 N–H and O–H groups in total. The van der Waals surface area contributed by atoms with Gasteiger partial charge in [0.25, 0.3) is 0 Å². The molecule has 0 spiro atoms. The predicted octanol–water partition coefficient (Wildman–Crippen LogP) is 4.37. The van der Waals surface area contributed by atoms with E-state index in [0.717, 1.165) is 6.42 Å². The third-order valence-electron chi connectivity index (χ3n) is 2.98. The van der Waals surface area contributed by atoms with Crippen LogP contribution in [0.5, 0.6) is 5.75 Å². The van der Waals surface area contributed by atoms with Gasteiger partial charge < -0.3 is 19.3 Å². The summed E-state index contributed by atoms with van der Waals surface area (Å²) in [5.41, 5.74) is 0.664. The van der Waals surface area contributed by atoms with Gasteiger partial charge in [-0.15, -0.1) is 6.58 Å². The van der Waals surface area contributed by atoms with E-state index >= 15 is 0 Å². The number of rotatable bonds is 12. The standard InChI is InChI=1S/C19H23ClO5/c1-3-5-11-23-12-10-16(7-4-2)24-13-15-8-6-9-17(20)19(15)25-14-18(21)22/h3-4,6-10H,1,5,11-14H2,2H3,(H,21,22)/b7-4-,16-10+. The molecule has 0 heterocycles. The highest BCUT2D eigenvalue weighted by Crippen LogP contribution is 2.29. The average molecular weight is 367 g/mol. The number of allylic oxidation sites excluding steroid dienone is 2. The zero-order chi connectivity index (χ0) is 18.5. The van der Waals surface area contributed by atoms with Gasteiger partial charge in [-0.05, 0) is 31.6 Å². The van der Waals surface area contributed by atoms with Crippen LogP contribution in [0.2, 0.25) is 5.02 Å². The summed E-state index contributed by atoms with van der Waals surface area (Å²) in [5.74, 6) is -0.114. The first-order valence-electron chi connectivity index (χ1n) is 7.84. The molecule has 0 atom stereocenters. The maximum Gasteiger partial charge on any atom is 0.341 e. The van der Waals surface area contributed by atoms with Crippen molar-refractivity contribution in [1.29, 1.82) is 0 Å². The van der Waals surface area contributed by atoms with Gasteiger partial charge in [0.1, 0.15) is 18.1 Å². The third kappa shape index (κ3) is 8.42. The Kier molecular flexibility index (Phi) is 10.1. The van der Waals surface area contributed by atoms with Gasteiger partial charge in [0.2, 0.25) is 0 Å². The molecule has 0 unspecified atom stereocenters. The van der Waals surface area contributed by atoms with Crippen molar-refractivity contribution in [2.75, 3.05) is 19.8 Å². The van der Waals surface area contributed by atoms with Crippen LogP contribution >= 0.6 is 11.6 Å². The maximum atomic E-state index is 10.7. The van der Waals surface area contributed by atoms with Crippen LogP contribution in [-0.4, -0.2) is 30.9 Å². The zero-order valence-electron chi connectivity index (χ0n) is 14.2. The van der Waals surface area contributed by atoms with Crippen LogP contribution in [0.25, 0.3) is 0 Å². The first-order valence-corrected chi connectivity index (χ1v) is 8.22. The molecule has 0 radical (unpaired) electrons. The molecule has 0 aliphatic carbocycles. The van der Waals surface area contributed by atoms with Gasteiger partial charge in [0, 0.05) is 5.56 Å². The molecule has 1 aromatic carbocycles. The Morgan fingerprint density at radius 3 is 2.88 bits per heavy atom. The zero-order valence-corrected chi connectivity index (χ0v) is 15.0. The normalized spacial score (nSPS) is 11.5. The summed E-state index contributed by atoms with van der Waals surface area (Å²) < 4.78 is 16.5. The van der Waals surface area contributed by atoms with E-state index in [-0.39, 0.29) is 6.61 Å². The molecule has 136 valence electrons. The number of para-hydroxylation sites is 1. The van der Waals surface area contributed by atoms with Crippen molar-refractivity contribution in [1.82, 2.24) is 0 Å². The molecule has 1 rings (SSSR count). The number of aliphatic carboxylic acids is 1. The van der Waals surface area contributed by atoms with Crippen LogP contribution in [0.3, 0.4) is 0 Å². The minimum atomic E-state index is -1.07. The van der Waals surface area contributed by atoms with Crippen LogP contribution < -0.4 is 4.74 Å². The van der Waals surface area contributed by atoms with Gasteiger partial charge in [0.05, 0.1) is 18.2 Å². The monoisotopic (exact) mass is 366 g/mol. The van der Waals surface area contributed by atoms with Gasteiger partial charge in [-0.25, -0.2) is 4.79 Å². The van der Waals surface area contributed by atoms with E-state index in [9.17, 15) is 4.79 Å². The lowest BCUT2D eigenvalue weighted by Gasteiger charge is -2.13. The van der Waals surface area contributed by atoms with E-state index in [1.165, 1.54) is 0 Å². The van der Waals surface area contributed by atoms with Crippen molar-refractivity contribution < 1.29 is 24.1 Å². The van der Waals surface area contributed by atoms with Gasteiger partial charge >= 0.3 is 5.97 Å². The Morgan fingerprint density at radius 2 is 2.20 bits per heavy atom. The fourth-order valence-electron chi connectivity index (χ4n) is 1.85. The summed E-state index contributed by atoms with van der Waals surface area (Å²) >= 11 is 6.09. The van der Waals surface area contributed by atoms with Gasteiger partial charge in [0.15, 0.2) is 6.61 Å². The van der Waals surface area contributed by atoms with Crippen LogP contribution in [0, 0.1) is 0 Å². The van der Waals surface area contributed by atoms with E-state index < -0.39 is 12.6 Å². The molecule has 0 fully saturated rings. The Morgan fingerprint density at radius 1 is 1.40 bits per heavy atom. The predicted molar refractivity (Wildman–Crippen MR) is 97.9 cm³/mol. The Balaban J connectivity index is 2.72. The second-order valence-electron chi connectivity index (χ2n) is 4.96. The largest absolute Gasteiger partial charge is 0.489 e. The van der Waals surface area contributed by atoms with Crippen LogP contribution in [-0.2, 0) is 20.9 Å². The third-order valence-corrected chi connectivity index (χ3v) is 3.28.